The lowest BCUT2D eigenvalue weighted by atomic mass is 9.97. The average Bonchev–Trinajstić information content (AvgIpc) is 3.32. The summed E-state index contributed by atoms with van der Waals surface area (Å²) >= 11 is 0. The number of amides is 1. The van der Waals surface area contributed by atoms with Gasteiger partial charge in [-0.25, -0.2) is 4.39 Å². The SMILES string of the molecule is COc1cc(F)c([C@H]2CC(=O)N(c3c(C)ccn(C4CCOC4)c3=O)C2)c(P)c1. The first kappa shape index (κ1) is 20.0. The third-order valence-corrected chi connectivity index (χ3v) is 6.25. The molecular formula is C21H24FN2O4P. The molecule has 2 aliphatic rings. The molecule has 2 aromatic rings. The van der Waals surface area contributed by atoms with Gasteiger partial charge in [0.15, 0.2) is 0 Å². The highest BCUT2D eigenvalue weighted by molar-refractivity contribution is 7.27. The largest absolute Gasteiger partial charge is 0.497 e. The molecule has 2 aliphatic heterocycles. The molecule has 3 heterocycles. The zero-order valence-electron chi connectivity index (χ0n) is 16.5. The zero-order valence-corrected chi connectivity index (χ0v) is 17.6. The van der Waals surface area contributed by atoms with Crippen LogP contribution in [0.5, 0.6) is 5.75 Å². The Labute approximate surface area is 170 Å². The Morgan fingerprint density at radius 2 is 2.10 bits per heavy atom. The normalized spacial score (nSPS) is 21.8. The van der Waals surface area contributed by atoms with Crippen molar-refractivity contribution in [1.82, 2.24) is 4.57 Å². The van der Waals surface area contributed by atoms with Gasteiger partial charge < -0.3 is 18.9 Å². The van der Waals surface area contributed by atoms with E-state index in [2.05, 4.69) is 9.24 Å². The van der Waals surface area contributed by atoms with Crippen molar-refractivity contribution in [3.63, 3.8) is 0 Å². The Morgan fingerprint density at radius 3 is 2.76 bits per heavy atom. The maximum Gasteiger partial charge on any atom is 0.275 e. The van der Waals surface area contributed by atoms with Crippen molar-refractivity contribution in [2.75, 3.05) is 31.8 Å². The third-order valence-electron chi connectivity index (χ3n) is 5.77. The van der Waals surface area contributed by atoms with Gasteiger partial charge in [-0.1, -0.05) is 0 Å². The molecule has 0 aliphatic carbocycles. The molecule has 0 N–H and O–H groups in total. The van der Waals surface area contributed by atoms with Gasteiger partial charge in [-0.3, -0.25) is 9.59 Å². The minimum absolute atomic E-state index is 0.0203. The van der Waals surface area contributed by atoms with Gasteiger partial charge in [-0.15, -0.1) is 9.24 Å². The summed E-state index contributed by atoms with van der Waals surface area (Å²) < 4.78 is 26.9. The Hall–Kier alpha value is -2.24. The number of benzene rings is 1. The summed E-state index contributed by atoms with van der Waals surface area (Å²) in [5, 5.41) is 0.659. The van der Waals surface area contributed by atoms with Crippen LogP contribution in [0.2, 0.25) is 0 Å². The maximum atomic E-state index is 14.7. The van der Waals surface area contributed by atoms with Crippen LogP contribution in [0.4, 0.5) is 10.1 Å². The lowest BCUT2D eigenvalue weighted by molar-refractivity contribution is -0.117. The average molecular weight is 418 g/mol. The predicted molar refractivity (Wildman–Crippen MR) is 112 cm³/mol. The van der Waals surface area contributed by atoms with E-state index < -0.39 is 5.82 Å². The van der Waals surface area contributed by atoms with E-state index in [0.29, 0.717) is 35.5 Å². The monoisotopic (exact) mass is 418 g/mol. The minimum atomic E-state index is -0.403. The van der Waals surface area contributed by atoms with Crippen molar-refractivity contribution >= 4 is 26.1 Å². The Kier molecular flexibility index (Phi) is 5.45. The summed E-state index contributed by atoms with van der Waals surface area (Å²) in [6.45, 7) is 3.21. The van der Waals surface area contributed by atoms with E-state index in [1.54, 1.807) is 16.8 Å². The molecular weight excluding hydrogens is 394 g/mol. The van der Waals surface area contributed by atoms with Gasteiger partial charge in [0.05, 0.1) is 19.8 Å². The molecule has 3 atom stereocenters. The standard InChI is InChI=1S/C21H24FN2O4P/c1-12-3-5-23(14-4-6-28-11-14)21(26)20(12)24-10-13(7-18(24)25)19-16(22)8-15(27-2)9-17(19)29/h3,5,8-9,13-14H,4,6-7,10-11,29H2,1-2H3/t13-,14?/m0/s1. The number of aryl methyl sites for hydroxylation is 1. The summed E-state index contributed by atoms with van der Waals surface area (Å²) in [7, 11) is 4.00. The zero-order chi connectivity index (χ0) is 20.7. The second kappa shape index (κ2) is 7.88. The van der Waals surface area contributed by atoms with Gasteiger partial charge in [0, 0.05) is 43.3 Å². The Morgan fingerprint density at radius 1 is 1.31 bits per heavy atom. The lowest BCUT2D eigenvalue weighted by Crippen LogP contribution is -2.35. The van der Waals surface area contributed by atoms with Crippen LogP contribution < -0.4 is 20.5 Å². The molecule has 4 rings (SSSR count). The fraction of sp³-hybridized carbons (Fsp3) is 0.429. The van der Waals surface area contributed by atoms with Crippen LogP contribution in [-0.2, 0) is 9.53 Å². The lowest BCUT2D eigenvalue weighted by Gasteiger charge is -2.22. The predicted octanol–water partition coefficient (Wildman–Crippen LogP) is 2.29. The molecule has 0 spiro atoms. The van der Waals surface area contributed by atoms with Gasteiger partial charge in [0.1, 0.15) is 17.3 Å². The molecule has 6 nitrogen and oxygen atoms in total. The molecule has 154 valence electrons. The molecule has 2 fully saturated rings. The molecule has 0 saturated carbocycles. The molecule has 8 heteroatoms. The molecule has 1 aromatic heterocycles. The number of ether oxygens (including phenoxy) is 2. The fourth-order valence-corrected chi connectivity index (χ4v) is 4.80. The number of hydrogen-bond acceptors (Lipinski definition) is 4. The highest BCUT2D eigenvalue weighted by Crippen LogP contribution is 2.34. The van der Waals surface area contributed by atoms with Crippen LogP contribution in [0.1, 0.15) is 35.9 Å². The highest BCUT2D eigenvalue weighted by atomic mass is 31.0. The molecule has 2 saturated heterocycles. The van der Waals surface area contributed by atoms with Crippen molar-refractivity contribution < 1.29 is 18.7 Å². The number of methoxy groups -OCH3 is 1. The summed E-state index contributed by atoms with van der Waals surface area (Å²) in [4.78, 5) is 27.5. The van der Waals surface area contributed by atoms with E-state index in [1.807, 2.05) is 13.0 Å². The van der Waals surface area contributed by atoms with Crippen LogP contribution in [0.25, 0.3) is 0 Å². The minimum Gasteiger partial charge on any atom is -0.497 e. The number of halogens is 1. The number of carbonyl (C=O) groups excluding carboxylic acids is 1. The second-order valence-electron chi connectivity index (χ2n) is 7.59. The number of aromatic nitrogens is 1. The maximum absolute atomic E-state index is 14.7. The number of carbonyl (C=O) groups is 1. The molecule has 2 unspecified atom stereocenters. The Balaban J connectivity index is 1.69. The van der Waals surface area contributed by atoms with Gasteiger partial charge in [-0.2, -0.15) is 0 Å². The van der Waals surface area contributed by atoms with Crippen molar-refractivity contribution in [2.24, 2.45) is 0 Å². The number of nitrogens with zero attached hydrogens (tertiary/aromatic N) is 2. The van der Waals surface area contributed by atoms with Crippen molar-refractivity contribution in [3.05, 3.63) is 51.7 Å². The molecule has 0 radical (unpaired) electrons. The van der Waals surface area contributed by atoms with Gasteiger partial charge in [-0.05, 0) is 36.3 Å². The van der Waals surface area contributed by atoms with E-state index in [-0.39, 0.29) is 36.4 Å². The first-order chi connectivity index (χ1) is 13.9. The van der Waals surface area contributed by atoms with Crippen LogP contribution >= 0.6 is 9.24 Å². The molecule has 1 amide bonds. The summed E-state index contributed by atoms with van der Waals surface area (Å²) in [5.74, 6) is -0.476. The van der Waals surface area contributed by atoms with E-state index >= 15 is 0 Å². The number of rotatable bonds is 4. The first-order valence-corrected chi connectivity index (χ1v) is 10.2. The fourth-order valence-electron chi connectivity index (χ4n) is 4.27. The van der Waals surface area contributed by atoms with Crippen molar-refractivity contribution in [1.29, 1.82) is 0 Å². The Bertz CT molecular complexity index is 993. The highest BCUT2D eigenvalue weighted by Gasteiger charge is 2.36. The number of anilines is 1. The summed E-state index contributed by atoms with van der Waals surface area (Å²) in [6, 6.07) is 4.89. The molecule has 0 bridgehead atoms. The smallest absolute Gasteiger partial charge is 0.275 e. The number of pyridine rings is 1. The summed E-state index contributed by atoms with van der Waals surface area (Å²) in [6.07, 6.45) is 2.69. The molecule has 29 heavy (non-hydrogen) atoms. The van der Waals surface area contributed by atoms with Gasteiger partial charge in [0.25, 0.3) is 5.56 Å². The topological polar surface area (TPSA) is 60.8 Å². The van der Waals surface area contributed by atoms with E-state index in [4.69, 9.17) is 9.47 Å². The van der Waals surface area contributed by atoms with E-state index in [0.717, 1.165) is 12.0 Å². The second-order valence-corrected chi connectivity index (χ2v) is 8.22. The molecule has 1 aromatic carbocycles. The number of hydrogen-bond donors (Lipinski definition) is 0. The van der Waals surface area contributed by atoms with Crippen molar-refractivity contribution in [3.8, 4) is 5.75 Å². The first-order valence-electron chi connectivity index (χ1n) is 9.63. The quantitative estimate of drug-likeness (QED) is 0.715. The van der Waals surface area contributed by atoms with Gasteiger partial charge in [0.2, 0.25) is 5.91 Å². The van der Waals surface area contributed by atoms with Crippen LogP contribution in [0.3, 0.4) is 0 Å². The van der Waals surface area contributed by atoms with Crippen LogP contribution in [0, 0.1) is 12.7 Å². The third kappa shape index (κ3) is 3.58. The van der Waals surface area contributed by atoms with Gasteiger partial charge >= 0.3 is 0 Å². The van der Waals surface area contributed by atoms with E-state index in [9.17, 15) is 14.0 Å². The van der Waals surface area contributed by atoms with E-state index in [1.165, 1.54) is 18.1 Å². The summed E-state index contributed by atoms with van der Waals surface area (Å²) in [5.41, 5.74) is 1.40. The van der Waals surface area contributed by atoms with Crippen LogP contribution in [-0.4, -0.2) is 37.3 Å². The van der Waals surface area contributed by atoms with Crippen molar-refractivity contribution in [2.45, 2.75) is 31.7 Å². The van der Waals surface area contributed by atoms with Crippen LogP contribution in [0.15, 0.2) is 29.2 Å².